The fourth-order valence-corrected chi connectivity index (χ4v) is 3.02. The summed E-state index contributed by atoms with van der Waals surface area (Å²) in [6.07, 6.45) is 2.16. The van der Waals surface area contributed by atoms with E-state index >= 15 is 0 Å². The Morgan fingerprint density at radius 2 is 1.76 bits per heavy atom. The summed E-state index contributed by atoms with van der Waals surface area (Å²) in [5.74, 6) is 0.196. The molecule has 1 aliphatic rings. The van der Waals surface area contributed by atoms with Crippen LogP contribution in [0.15, 0.2) is 47.1 Å². The van der Waals surface area contributed by atoms with Crippen molar-refractivity contribution in [1.29, 1.82) is 0 Å². The number of furan rings is 1. The molecule has 1 aromatic heterocycles. The number of carbonyl (C=O) groups excluding carboxylic acids is 2. The summed E-state index contributed by atoms with van der Waals surface area (Å²) in [4.78, 5) is 27.9. The van der Waals surface area contributed by atoms with Gasteiger partial charge in [-0.05, 0) is 30.2 Å². The van der Waals surface area contributed by atoms with Crippen LogP contribution < -0.4 is 5.32 Å². The normalized spacial score (nSPS) is 14.4. The zero-order valence-corrected chi connectivity index (χ0v) is 14.5. The Bertz CT molecular complexity index is 725. The highest BCUT2D eigenvalue weighted by Gasteiger charge is 2.25. The lowest BCUT2D eigenvalue weighted by atomic mass is 10.1. The molecule has 0 saturated carbocycles. The van der Waals surface area contributed by atoms with E-state index in [0.29, 0.717) is 49.9 Å². The molecular weight excluding hydrogens is 342 g/mol. The minimum Gasteiger partial charge on any atom is -0.459 e. The van der Waals surface area contributed by atoms with Crippen molar-refractivity contribution in [3.63, 3.8) is 0 Å². The molecule has 1 aliphatic heterocycles. The van der Waals surface area contributed by atoms with Gasteiger partial charge in [0.05, 0.1) is 6.26 Å². The second kappa shape index (κ2) is 8.07. The molecule has 0 radical (unpaired) electrons. The van der Waals surface area contributed by atoms with Gasteiger partial charge in [0.15, 0.2) is 5.76 Å². The van der Waals surface area contributed by atoms with Crippen LogP contribution in [0.3, 0.4) is 0 Å². The number of benzene rings is 1. The van der Waals surface area contributed by atoms with Crippen LogP contribution in [0.2, 0.25) is 5.02 Å². The van der Waals surface area contributed by atoms with Crippen LogP contribution in [0.1, 0.15) is 16.1 Å². The number of urea groups is 1. The fourth-order valence-electron chi connectivity index (χ4n) is 2.79. The van der Waals surface area contributed by atoms with Crippen LogP contribution in [0, 0.1) is 0 Å². The van der Waals surface area contributed by atoms with Gasteiger partial charge in [-0.25, -0.2) is 4.79 Å². The zero-order valence-electron chi connectivity index (χ0n) is 13.8. The lowest BCUT2D eigenvalue weighted by molar-refractivity contribution is 0.0634. The topological polar surface area (TPSA) is 65.8 Å². The lowest BCUT2D eigenvalue weighted by Gasteiger charge is -2.34. The molecule has 7 heteroatoms. The molecule has 0 spiro atoms. The van der Waals surface area contributed by atoms with Gasteiger partial charge in [0.25, 0.3) is 5.91 Å². The standard InChI is InChI=1S/C18H20ClN3O3/c19-15-5-2-1-4-14(15)7-8-20-18(24)22-11-9-21(10-12-22)17(23)16-6-3-13-25-16/h1-6,13H,7-12H2,(H,20,24). The fraction of sp³-hybridized carbons (Fsp3) is 0.333. The van der Waals surface area contributed by atoms with Gasteiger partial charge in [-0.3, -0.25) is 4.79 Å². The van der Waals surface area contributed by atoms with E-state index in [2.05, 4.69) is 5.32 Å². The number of hydrogen-bond acceptors (Lipinski definition) is 3. The van der Waals surface area contributed by atoms with Crippen molar-refractivity contribution in [2.24, 2.45) is 0 Å². The molecule has 2 aromatic rings. The number of halogens is 1. The van der Waals surface area contributed by atoms with Crippen LogP contribution in [0.5, 0.6) is 0 Å². The number of rotatable bonds is 4. The number of nitrogens with one attached hydrogen (secondary N) is 1. The van der Waals surface area contributed by atoms with E-state index in [0.717, 1.165) is 5.56 Å². The van der Waals surface area contributed by atoms with Gasteiger partial charge in [0.2, 0.25) is 0 Å². The monoisotopic (exact) mass is 361 g/mol. The average molecular weight is 362 g/mol. The van der Waals surface area contributed by atoms with Crippen molar-refractivity contribution in [2.45, 2.75) is 6.42 Å². The second-order valence-electron chi connectivity index (χ2n) is 5.83. The van der Waals surface area contributed by atoms with E-state index in [4.69, 9.17) is 16.0 Å². The van der Waals surface area contributed by atoms with Gasteiger partial charge in [-0.1, -0.05) is 29.8 Å². The van der Waals surface area contributed by atoms with E-state index in [-0.39, 0.29) is 11.9 Å². The van der Waals surface area contributed by atoms with E-state index in [1.54, 1.807) is 21.9 Å². The molecule has 3 rings (SSSR count). The molecule has 0 unspecified atom stereocenters. The smallest absolute Gasteiger partial charge is 0.317 e. The predicted molar refractivity (Wildman–Crippen MR) is 94.7 cm³/mol. The van der Waals surface area contributed by atoms with Crippen molar-refractivity contribution >= 4 is 23.5 Å². The number of carbonyl (C=O) groups is 2. The molecule has 0 aliphatic carbocycles. The van der Waals surface area contributed by atoms with Gasteiger partial charge < -0.3 is 19.5 Å². The van der Waals surface area contributed by atoms with E-state index in [9.17, 15) is 9.59 Å². The van der Waals surface area contributed by atoms with Crippen LogP contribution in [-0.4, -0.2) is 54.5 Å². The predicted octanol–water partition coefficient (Wildman–Crippen LogP) is 2.64. The minimum atomic E-state index is -0.135. The van der Waals surface area contributed by atoms with Gasteiger partial charge >= 0.3 is 6.03 Å². The molecule has 1 saturated heterocycles. The molecule has 3 amide bonds. The van der Waals surface area contributed by atoms with Gasteiger partial charge in [-0.15, -0.1) is 0 Å². The SMILES string of the molecule is O=C(NCCc1ccccc1Cl)N1CCN(C(=O)c2ccco2)CC1. The summed E-state index contributed by atoms with van der Waals surface area (Å²) in [6, 6.07) is 10.8. The van der Waals surface area contributed by atoms with Gasteiger partial charge in [0.1, 0.15) is 0 Å². The van der Waals surface area contributed by atoms with Gasteiger partial charge in [0, 0.05) is 37.7 Å². The highest BCUT2D eigenvalue weighted by Crippen LogP contribution is 2.15. The molecule has 0 bridgehead atoms. The highest BCUT2D eigenvalue weighted by molar-refractivity contribution is 6.31. The summed E-state index contributed by atoms with van der Waals surface area (Å²) in [5, 5.41) is 3.62. The van der Waals surface area contributed by atoms with E-state index < -0.39 is 0 Å². The third-order valence-electron chi connectivity index (χ3n) is 4.21. The summed E-state index contributed by atoms with van der Waals surface area (Å²) in [7, 11) is 0. The number of amides is 3. The summed E-state index contributed by atoms with van der Waals surface area (Å²) < 4.78 is 5.13. The first-order valence-corrected chi connectivity index (χ1v) is 8.62. The first-order chi connectivity index (χ1) is 12.1. The molecule has 25 heavy (non-hydrogen) atoms. The summed E-state index contributed by atoms with van der Waals surface area (Å²) in [6.45, 7) is 2.53. The quantitative estimate of drug-likeness (QED) is 0.910. The van der Waals surface area contributed by atoms with E-state index in [1.807, 2.05) is 24.3 Å². The maximum absolute atomic E-state index is 12.2. The minimum absolute atomic E-state index is 0.114. The van der Waals surface area contributed by atoms with Gasteiger partial charge in [-0.2, -0.15) is 0 Å². The highest BCUT2D eigenvalue weighted by atomic mass is 35.5. The second-order valence-corrected chi connectivity index (χ2v) is 6.24. The first-order valence-electron chi connectivity index (χ1n) is 8.24. The molecule has 1 aromatic carbocycles. The van der Waals surface area contributed by atoms with E-state index in [1.165, 1.54) is 6.26 Å². The number of hydrogen-bond donors (Lipinski definition) is 1. The maximum Gasteiger partial charge on any atom is 0.317 e. The molecule has 132 valence electrons. The molecule has 1 fully saturated rings. The van der Waals surface area contributed by atoms with Crippen molar-refractivity contribution in [2.75, 3.05) is 32.7 Å². The summed E-state index contributed by atoms with van der Waals surface area (Å²) >= 11 is 6.11. The van der Waals surface area contributed by atoms with Crippen LogP contribution in [0.4, 0.5) is 4.79 Å². The van der Waals surface area contributed by atoms with Crippen LogP contribution in [0.25, 0.3) is 0 Å². The zero-order chi connectivity index (χ0) is 17.6. The molecule has 6 nitrogen and oxygen atoms in total. The first kappa shape index (κ1) is 17.4. The van der Waals surface area contributed by atoms with Crippen LogP contribution in [-0.2, 0) is 6.42 Å². The molecular formula is C18H20ClN3O3. The van der Waals surface area contributed by atoms with Crippen molar-refractivity contribution in [1.82, 2.24) is 15.1 Å². The molecule has 2 heterocycles. The Kier molecular flexibility index (Phi) is 5.60. The Balaban J connectivity index is 1.42. The third kappa shape index (κ3) is 4.33. The largest absolute Gasteiger partial charge is 0.459 e. The lowest BCUT2D eigenvalue weighted by Crippen LogP contribution is -2.53. The third-order valence-corrected chi connectivity index (χ3v) is 4.58. The number of piperazine rings is 1. The summed E-state index contributed by atoms with van der Waals surface area (Å²) in [5.41, 5.74) is 1.01. The van der Waals surface area contributed by atoms with Crippen LogP contribution >= 0.6 is 11.6 Å². The Morgan fingerprint density at radius 3 is 2.44 bits per heavy atom. The Morgan fingerprint density at radius 1 is 1.04 bits per heavy atom. The van der Waals surface area contributed by atoms with Crippen molar-refractivity contribution < 1.29 is 14.0 Å². The molecule has 0 atom stereocenters. The number of nitrogens with zero attached hydrogens (tertiary/aromatic N) is 2. The van der Waals surface area contributed by atoms with Crippen molar-refractivity contribution in [3.8, 4) is 0 Å². The molecule has 1 N–H and O–H groups in total. The maximum atomic E-state index is 12.2. The average Bonchev–Trinajstić information content (AvgIpc) is 3.17. The Hall–Kier alpha value is -2.47. The Labute approximate surface area is 151 Å². The van der Waals surface area contributed by atoms with Crippen molar-refractivity contribution in [3.05, 3.63) is 59.0 Å².